The van der Waals surface area contributed by atoms with Crippen molar-refractivity contribution in [3.8, 4) is 17.2 Å². The Balaban J connectivity index is 1.01. The average Bonchev–Trinajstić information content (AvgIpc) is 3.62. The number of amides is 2. The lowest BCUT2D eigenvalue weighted by atomic mass is 10.1. The third-order valence-corrected chi connectivity index (χ3v) is 8.52. The minimum atomic E-state index is -0.673. The molecule has 16 nitrogen and oxygen atoms in total. The average molecular weight is 732 g/mol. The molecular weight excluding hydrogens is 689 g/mol. The van der Waals surface area contributed by atoms with Gasteiger partial charge in [-0.05, 0) is 51.0 Å². The van der Waals surface area contributed by atoms with E-state index in [1.807, 2.05) is 16.7 Å². The molecule has 2 aliphatic heterocycles. The lowest BCUT2D eigenvalue weighted by Crippen LogP contribution is -2.49. The van der Waals surface area contributed by atoms with Crippen LogP contribution in [0.2, 0.25) is 0 Å². The number of methoxy groups -OCH3 is 1. The molecule has 0 atom stereocenters. The van der Waals surface area contributed by atoms with Crippen molar-refractivity contribution in [2.75, 3.05) is 64.0 Å². The number of nitrogens with zero attached hydrogens (tertiary/aromatic N) is 7. The van der Waals surface area contributed by atoms with E-state index in [9.17, 15) is 18.8 Å². The van der Waals surface area contributed by atoms with Gasteiger partial charge in [0.25, 0.3) is 5.91 Å². The number of nitrogens with two attached hydrogens (primary N) is 1. The number of fused-ring (bicyclic) bond motifs is 3. The summed E-state index contributed by atoms with van der Waals surface area (Å²) in [5.41, 5.74) is 5.92. The number of anilines is 2. The second kappa shape index (κ2) is 15.8. The highest BCUT2D eigenvalue weighted by Gasteiger charge is 2.25. The molecule has 0 radical (unpaired) electrons. The maximum atomic E-state index is 14.7. The number of ether oxygens (including phenoxy) is 4. The number of carbonyl (C=O) groups is 3. The molecule has 0 unspecified atom stereocenters. The Labute approximate surface area is 304 Å². The molecule has 17 heteroatoms. The van der Waals surface area contributed by atoms with E-state index in [4.69, 9.17) is 29.7 Å². The number of carbonyl (C=O) groups excluding carboxylic acids is 3. The van der Waals surface area contributed by atoms with E-state index in [0.717, 1.165) is 23.8 Å². The van der Waals surface area contributed by atoms with Crippen LogP contribution in [-0.4, -0.2) is 106 Å². The third-order valence-electron chi connectivity index (χ3n) is 8.52. The predicted octanol–water partition coefficient (Wildman–Crippen LogP) is 3.19. The van der Waals surface area contributed by atoms with Gasteiger partial charge in [-0.1, -0.05) is 6.07 Å². The normalized spacial score (nSPS) is 14.8. The number of nitrogens with one attached hydrogen (secondary N) is 1. The first-order valence-electron chi connectivity index (χ1n) is 17.2. The molecule has 6 rings (SSSR count). The van der Waals surface area contributed by atoms with Crippen LogP contribution < -0.4 is 30.9 Å². The van der Waals surface area contributed by atoms with Crippen LogP contribution in [0.3, 0.4) is 0 Å². The monoisotopic (exact) mass is 731 g/mol. The number of piperazine rings is 1. The van der Waals surface area contributed by atoms with Crippen LogP contribution >= 0.6 is 0 Å². The van der Waals surface area contributed by atoms with E-state index in [-0.39, 0.29) is 34.9 Å². The van der Waals surface area contributed by atoms with Crippen molar-refractivity contribution in [2.24, 2.45) is 4.99 Å². The predicted molar refractivity (Wildman–Crippen MR) is 191 cm³/mol. The second-order valence-corrected chi connectivity index (χ2v) is 13.5. The first-order chi connectivity index (χ1) is 25.4. The number of halogens is 1. The molecule has 53 heavy (non-hydrogen) atoms. The highest BCUT2D eigenvalue weighted by atomic mass is 19.1. The van der Waals surface area contributed by atoms with Crippen LogP contribution in [0.1, 0.15) is 43.1 Å². The van der Waals surface area contributed by atoms with Gasteiger partial charge in [0.05, 0.1) is 25.7 Å². The largest absolute Gasteiger partial charge is 0.491 e. The van der Waals surface area contributed by atoms with Gasteiger partial charge in [0.15, 0.2) is 11.5 Å². The summed E-state index contributed by atoms with van der Waals surface area (Å²) in [5.74, 6) is 0.0605. The fraction of sp³-hybridized carbons (Fsp3) is 0.417. The molecular formula is C36H42FN9O7. The highest BCUT2D eigenvalue weighted by molar-refractivity contribution is 5.96. The summed E-state index contributed by atoms with van der Waals surface area (Å²) in [4.78, 5) is 58.3. The summed E-state index contributed by atoms with van der Waals surface area (Å²) in [7, 11) is 1.54. The van der Waals surface area contributed by atoms with Crippen molar-refractivity contribution in [3.05, 3.63) is 65.3 Å². The summed E-state index contributed by atoms with van der Waals surface area (Å²) in [6.07, 6.45) is 2.56. The van der Waals surface area contributed by atoms with Gasteiger partial charge in [-0.25, -0.2) is 24.1 Å². The van der Waals surface area contributed by atoms with Crippen molar-refractivity contribution < 1.29 is 37.7 Å². The Hall–Kier alpha value is -5.84. The summed E-state index contributed by atoms with van der Waals surface area (Å²) >= 11 is 0. The van der Waals surface area contributed by atoms with Crippen molar-refractivity contribution in [2.45, 2.75) is 45.8 Å². The SMILES string of the molecule is COc1c(OCCCN2CCN(C(=O)Oc3ccc(CC(=O)OC(C)(C)C)c(F)c3)CC2)ccc2c3n(c(=NC(=O)c4cnc(N)nc4)nc12)CCN3. The Kier molecular flexibility index (Phi) is 11.0. The van der Waals surface area contributed by atoms with Gasteiger partial charge in [0.1, 0.15) is 28.5 Å². The molecule has 0 saturated carbocycles. The van der Waals surface area contributed by atoms with Gasteiger partial charge >= 0.3 is 12.1 Å². The summed E-state index contributed by atoms with van der Waals surface area (Å²) in [6.45, 7) is 9.72. The first kappa shape index (κ1) is 36.9. The van der Waals surface area contributed by atoms with Gasteiger partial charge < -0.3 is 34.9 Å². The Morgan fingerprint density at radius 1 is 1.04 bits per heavy atom. The minimum Gasteiger partial charge on any atom is -0.491 e. The summed E-state index contributed by atoms with van der Waals surface area (Å²) < 4.78 is 39.1. The zero-order valence-electron chi connectivity index (χ0n) is 30.1. The van der Waals surface area contributed by atoms with E-state index in [1.54, 1.807) is 25.7 Å². The lowest BCUT2D eigenvalue weighted by Gasteiger charge is -2.34. The number of esters is 1. The molecule has 0 spiro atoms. The van der Waals surface area contributed by atoms with Gasteiger partial charge in [0, 0.05) is 69.7 Å². The van der Waals surface area contributed by atoms with E-state index in [1.165, 1.54) is 31.6 Å². The smallest absolute Gasteiger partial charge is 0.415 e. The lowest BCUT2D eigenvalue weighted by molar-refractivity contribution is -0.154. The van der Waals surface area contributed by atoms with Crippen LogP contribution in [0.5, 0.6) is 17.2 Å². The molecule has 1 fully saturated rings. The van der Waals surface area contributed by atoms with Crippen molar-refractivity contribution in [3.63, 3.8) is 0 Å². The first-order valence-corrected chi connectivity index (χ1v) is 17.2. The highest BCUT2D eigenvalue weighted by Crippen LogP contribution is 2.37. The quantitative estimate of drug-likeness (QED) is 0.179. The zero-order valence-corrected chi connectivity index (χ0v) is 30.1. The molecule has 3 N–H and O–H groups in total. The molecule has 2 amide bonds. The molecule has 4 heterocycles. The van der Waals surface area contributed by atoms with Gasteiger partial charge in [-0.15, -0.1) is 0 Å². The van der Waals surface area contributed by atoms with Crippen LogP contribution in [0.4, 0.5) is 21.0 Å². The summed E-state index contributed by atoms with van der Waals surface area (Å²) in [5, 5.41) is 4.14. The summed E-state index contributed by atoms with van der Waals surface area (Å²) in [6, 6.07) is 7.72. The Bertz CT molecular complexity index is 2080. The maximum absolute atomic E-state index is 14.7. The molecule has 280 valence electrons. The fourth-order valence-corrected chi connectivity index (χ4v) is 6.01. The molecule has 2 aliphatic rings. The topological polar surface area (TPSA) is 189 Å². The molecule has 4 aromatic rings. The van der Waals surface area contributed by atoms with E-state index in [0.29, 0.717) is 69.3 Å². The van der Waals surface area contributed by atoms with Gasteiger partial charge in [0.2, 0.25) is 11.6 Å². The number of aromatic nitrogens is 4. The van der Waals surface area contributed by atoms with E-state index in [2.05, 4.69) is 25.2 Å². The standard InChI is InChI=1S/C36H42FN9O7/c1-36(2,3)53-28(47)18-22-6-7-24(19-26(22)37)52-35(49)45-15-13-44(14-16-45)11-5-17-51-27-9-8-25-29(30(27)50-4)42-34(46-12-10-39-31(25)46)43-32(48)23-20-40-33(38)41-21-23/h6-9,19-21,39H,5,10-18H2,1-4H3,(H2,38,40,41). The van der Waals surface area contributed by atoms with E-state index >= 15 is 0 Å². The molecule has 2 aromatic carbocycles. The molecule has 0 aliphatic carbocycles. The molecule has 1 saturated heterocycles. The number of nitrogen functional groups attached to an aromatic ring is 1. The van der Waals surface area contributed by atoms with Gasteiger partial charge in [-0.2, -0.15) is 4.99 Å². The molecule has 0 bridgehead atoms. The minimum absolute atomic E-state index is 0.0563. The number of rotatable bonds is 10. The van der Waals surface area contributed by atoms with Crippen LogP contribution in [-0.2, 0) is 22.5 Å². The number of benzene rings is 2. The number of hydrogen-bond acceptors (Lipinski definition) is 13. The molecule has 2 aromatic heterocycles. The second-order valence-electron chi connectivity index (χ2n) is 13.5. The zero-order chi connectivity index (χ0) is 37.7. The van der Waals surface area contributed by atoms with Crippen molar-refractivity contribution >= 4 is 40.6 Å². The third kappa shape index (κ3) is 8.97. The van der Waals surface area contributed by atoms with Crippen LogP contribution in [0.15, 0.2) is 47.7 Å². The van der Waals surface area contributed by atoms with E-state index < -0.39 is 29.4 Å². The Morgan fingerprint density at radius 3 is 2.49 bits per heavy atom. The number of hydrogen-bond donors (Lipinski definition) is 2. The van der Waals surface area contributed by atoms with Gasteiger partial charge in [-0.3, -0.25) is 19.1 Å². The maximum Gasteiger partial charge on any atom is 0.415 e. The van der Waals surface area contributed by atoms with Crippen LogP contribution in [0, 0.1) is 5.82 Å². The van der Waals surface area contributed by atoms with Crippen LogP contribution in [0.25, 0.3) is 10.9 Å². The fourth-order valence-electron chi connectivity index (χ4n) is 6.01. The van der Waals surface area contributed by atoms with Crippen molar-refractivity contribution in [1.29, 1.82) is 0 Å². The van der Waals surface area contributed by atoms with Crippen molar-refractivity contribution in [1.82, 2.24) is 29.3 Å². The Morgan fingerprint density at radius 2 is 1.79 bits per heavy atom.